The summed E-state index contributed by atoms with van der Waals surface area (Å²) in [6, 6.07) is 9.39. The Balaban J connectivity index is 1.82. The lowest BCUT2D eigenvalue weighted by molar-refractivity contribution is -0.155. The molecule has 84 valence electrons. The topological polar surface area (TPSA) is 46.5 Å². The Hall–Kier alpha value is -1.61. The molecule has 0 aliphatic heterocycles. The van der Waals surface area contributed by atoms with Crippen LogP contribution in [0, 0.1) is 5.92 Å². The van der Waals surface area contributed by atoms with Gasteiger partial charge in [-0.3, -0.25) is 0 Å². The first kappa shape index (κ1) is 10.9. The van der Waals surface area contributed by atoms with Crippen LogP contribution < -0.4 is 0 Å². The summed E-state index contributed by atoms with van der Waals surface area (Å²) >= 11 is 0. The Kier molecular flexibility index (Phi) is 3.06. The molecule has 0 spiro atoms. The third kappa shape index (κ3) is 2.49. The van der Waals surface area contributed by atoms with E-state index in [9.17, 15) is 9.90 Å². The fourth-order valence-corrected chi connectivity index (χ4v) is 1.54. The van der Waals surface area contributed by atoms with Crippen molar-refractivity contribution < 1.29 is 14.6 Å². The highest BCUT2D eigenvalue weighted by Crippen LogP contribution is 2.39. The smallest absolute Gasteiger partial charge is 0.335 e. The molecule has 1 aliphatic carbocycles. The van der Waals surface area contributed by atoms with Crippen molar-refractivity contribution in [2.24, 2.45) is 5.92 Å². The van der Waals surface area contributed by atoms with Crippen LogP contribution in [0.5, 0.6) is 0 Å². The molecule has 1 aliphatic rings. The van der Waals surface area contributed by atoms with E-state index in [-0.39, 0.29) is 12.5 Å². The fourth-order valence-electron chi connectivity index (χ4n) is 1.54. The molecule has 0 saturated heterocycles. The predicted molar refractivity (Wildman–Crippen MR) is 59.5 cm³/mol. The number of ether oxygens (including phenoxy) is 1. The molecule has 2 atom stereocenters. The van der Waals surface area contributed by atoms with E-state index >= 15 is 0 Å². The molecule has 3 heteroatoms. The highest BCUT2D eigenvalue weighted by Gasteiger charge is 2.39. The number of hydrogen-bond acceptors (Lipinski definition) is 3. The maximum absolute atomic E-state index is 11.4. The number of benzene rings is 1. The first-order valence-electron chi connectivity index (χ1n) is 5.25. The van der Waals surface area contributed by atoms with E-state index in [0.717, 1.165) is 17.6 Å². The van der Waals surface area contributed by atoms with Gasteiger partial charge in [-0.05, 0) is 12.0 Å². The maximum Gasteiger partial charge on any atom is 0.335 e. The lowest BCUT2D eigenvalue weighted by atomic mass is 10.2. The van der Waals surface area contributed by atoms with Crippen LogP contribution in [0.4, 0.5) is 0 Å². The zero-order valence-corrected chi connectivity index (χ0v) is 8.93. The minimum atomic E-state index is -1.05. The third-order valence-electron chi connectivity index (χ3n) is 2.69. The molecule has 0 unspecified atom stereocenters. The molecule has 1 aromatic rings. The first-order chi connectivity index (χ1) is 7.68. The van der Waals surface area contributed by atoms with Crippen molar-refractivity contribution in [3.8, 4) is 0 Å². The van der Waals surface area contributed by atoms with Gasteiger partial charge in [0.05, 0.1) is 0 Å². The molecular weight excluding hydrogens is 204 g/mol. The van der Waals surface area contributed by atoms with Crippen molar-refractivity contribution in [2.45, 2.75) is 19.1 Å². The van der Waals surface area contributed by atoms with Gasteiger partial charge in [0.2, 0.25) is 0 Å². The van der Waals surface area contributed by atoms with Gasteiger partial charge in [0.1, 0.15) is 6.61 Å². The first-order valence-corrected chi connectivity index (χ1v) is 5.25. The van der Waals surface area contributed by atoms with E-state index in [0.29, 0.717) is 0 Å². The number of aliphatic hydroxyl groups is 1. The van der Waals surface area contributed by atoms with Crippen LogP contribution in [0.25, 0.3) is 0 Å². The van der Waals surface area contributed by atoms with Gasteiger partial charge in [-0.2, -0.15) is 0 Å². The average Bonchev–Trinajstić information content (AvgIpc) is 3.03. The Morgan fingerprint density at radius 1 is 1.50 bits per heavy atom. The summed E-state index contributed by atoms with van der Waals surface area (Å²) in [7, 11) is 0. The molecule has 1 saturated carbocycles. The number of rotatable bonds is 4. The maximum atomic E-state index is 11.4. The fraction of sp³-hybridized carbons (Fsp3) is 0.308. The number of aliphatic hydroxyl groups excluding tert-OH is 1. The summed E-state index contributed by atoms with van der Waals surface area (Å²) in [5.74, 6) is -0.657. The van der Waals surface area contributed by atoms with E-state index in [4.69, 9.17) is 4.74 Å². The van der Waals surface area contributed by atoms with Crippen molar-refractivity contribution in [3.63, 3.8) is 0 Å². The lowest BCUT2D eigenvalue weighted by Crippen LogP contribution is -2.25. The lowest BCUT2D eigenvalue weighted by Gasteiger charge is -2.09. The molecule has 0 amide bonds. The van der Waals surface area contributed by atoms with Gasteiger partial charge in [-0.25, -0.2) is 4.79 Å². The van der Waals surface area contributed by atoms with Crippen molar-refractivity contribution in [1.82, 2.24) is 0 Å². The number of carbonyl (C=O) groups is 1. The van der Waals surface area contributed by atoms with Crippen LogP contribution in [0.2, 0.25) is 0 Å². The van der Waals surface area contributed by atoms with Crippen LogP contribution in [0.3, 0.4) is 0 Å². The second kappa shape index (κ2) is 4.49. The van der Waals surface area contributed by atoms with Gasteiger partial charge in [0, 0.05) is 5.92 Å². The van der Waals surface area contributed by atoms with E-state index in [2.05, 4.69) is 6.58 Å². The zero-order chi connectivity index (χ0) is 11.5. The van der Waals surface area contributed by atoms with Crippen molar-refractivity contribution >= 4 is 5.97 Å². The van der Waals surface area contributed by atoms with Crippen molar-refractivity contribution in [2.75, 3.05) is 0 Å². The number of carbonyl (C=O) groups excluding carboxylic acids is 1. The van der Waals surface area contributed by atoms with Crippen LogP contribution in [0.15, 0.2) is 42.5 Å². The monoisotopic (exact) mass is 218 g/mol. The Bertz CT molecular complexity index is 397. The van der Waals surface area contributed by atoms with Gasteiger partial charge in [-0.15, -0.1) is 0 Å². The summed E-state index contributed by atoms with van der Waals surface area (Å²) in [6.07, 6.45) is -0.321. The molecule has 3 nitrogen and oxygen atoms in total. The summed E-state index contributed by atoms with van der Waals surface area (Å²) < 4.78 is 5.01. The average molecular weight is 218 g/mol. The van der Waals surface area contributed by atoms with E-state index < -0.39 is 12.1 Å². The van der Waals surface area contributed by atoms with Gasteiger partial charge in [0.15, 0.2) is 6.10 Å². The molecule has 1 aromatic carbocycles. The number of esters is 1. The van der Waals surface area contributed by atoms with Gasteiger partial charge >= 0.3 is 5.97 Å². The molecule has 0 radical (unpaired) electrons. The quantitative estimate of drug-likeness (QED) is 0.617. The normalized spacial score (nSPS) is 20.3. The molecule has 0 bridgehead atoms. The minimum absolute atomic E-state index is 0.0942. The molecule has 2 rings (SSSR count). The summed E-state index contributed by atoms with van der Waals surface area (Å²) in [6.45, 7) is 3.91. The van der Waals surface area contributed by atoms with Crippen LogP contribution in [0.1, 0.15) is 12.0 Å². The summed E-state index contributed by atoms with van der Waals surface area (Å²) in [4.78, 5) is 11.4. The molecular formula is C13H14O3. The molecule has 0 aromatic heterocycles. The summed E-state index contributed by atoms with van der Waals surface area (Å²) in [5, 5.41) is 9.57. The molecule has 1 N–H and O–H groups in total. The Morgan fingerprint density at radius 3 is 2.69 bits per heavy atom. The molecule has 0 heterocycles. The standard InChI is InChI=1S/C13H14O3/c1-9-7-11(9)12(14)13(15)16-8-10-5-3-2-4-6-10/h2-6,11-12,14H,1,7-8H2/t11-,12+/m0/s1. The Morgan fingerprint density at radius 2 is 2.12 bits per heavy atom. The van der Waals surface area contributed by atoms with E-state index in [1.54, 1.807) is 0 Å². The molecule has 16 heavy (non-hydrogen) atoms. The van der Waals surface area contributed by atoms with Crippen LogP contribution >= 0.6 is 0 Å². The minimum Gasteiger partial charge on any atom is -0.459 e. The van der Waals surface area contributed by atoms with Gasteiger partial charge < -0.3 is 9.84 Å². The second-order valence-electron chi connectivity index (χ2n) is 4.01. The third-order valence-corrected chi connectivity index (χ3v) is 2.69. The summed E-state index contributed by atoms with van der Waals surface area (Å²) in [5.41, 5.74) is 1.84. The second-order valence-corrected chi connectivity index (χ2v) is 4.01. The molecule has 1 fully saturated rings. The van der Waals surface area contributed by atoms with Crippen LogP contribution in [-0.4, -0.2) is 17.2 Å². The Labute approximate surface area is 94.4 Å². The highest BCUT2D eigenvalue weighted by atomic mass is 16.5. The van der Waals surface area contributed by atoms with Crippen LogP contribution in [-0.2, 0) is 16.1 Å². The zero-order valence-electron chi connectivity index (χ0n) is 8.93. The van der Waals surface area contributed by atoms with Gasteiger partial charge in [-0.1, -0.05) is 42.5 Å². The van der Waals surface area contributed by atoms with E-state index in [1.165, 1.54) is 0 Å². The van der Waals surface area contributed by atoms with Crippen molar-refractivity contribution in [3.05, 3.63) is 48.0 Å². The van der Waals surface area contributed by atoms with Gasteiger partial charge in [0.25, 0.3) is 0 Å². The predicted octanol–water partition coefficient (Wildman–Crippen LogP) is 1.67. The van der Waals surface area contributed by atoms with E-state index in [1.807, 2.05) is 30.3 Å². The highest BCUT2D eigenvalue weighted by molar-refractivity contribution is 5.76. The number of hydrogen-bond donors (Lipinski definition) is 1. The SMILES string of the molecule is C=C1C[C@@H]1[C@@H](O)C(=O)OCc1ccccc1. The van der Waals surface area contributed by atoms with Crippen molar-refractivity contribution in [1.29, 1.82) is 0 Å². The largest absolute Gasteiger partial charge is 0.459 e.